The molecule has 2 aliphatic rings. The van der Waals surface area contributed by atoms with Gasteiger partial charge in [-0.2, -0.15) is 0 Å². The van der Waals surface area contributed by atoms with Crippen molar-refractivity contribution in [2.75, 3.05) is 51.1 Å². The fraction of sp³-hybridized carbons (Fsp3) is 0.789. The van der Waals surface area contributed by atoms with Crippen LogP contribution in [-0.4, -0.2) is 77.4 Å². The summed E-state index contributed by atoms with van der Waals surface area (Å²) in [5.74, 6) is 0.370. The van der Waals surface area contributed by atoms with Crippen molar-refractivity contribution >= 4 is 22.4 Å². The van der Waals surface area contributed by atoms with Gasteiger partial charge in [0, 0.05) is 58.0 Å². The Morgan fingerprint density at radius 3 is 2.81 bits per heavy atom. The van der Waals surface area contributed by atoms with Crippen molar-refractivity contribution in [3.8, 4) is 0 Å². The van der Waals surface area contributed by atoms with Gasteiger partial charge in [0.05, 0.1) is 5.69 Å². The van der Waals surface area contributed by atoms with Crippen LogP contribution in [0, 0.1) is 5.92 Å². The molecule has 6 nitrogen and oxygen atoms in total. The molecule has 2 saturated heterocycles. The summed E-state index contributed by atoms with van der Waals surface area (Å²) in [6, 6.07) is 0.652. The number of carbonyl (C=O) groups is 1. The molecule has 0 saturated carbocycles. The molecule has 0 unspecified atom stereocenters. The Morgan fingerprint density at radius 2 is 2.12 bits per heavy atom. The van der Waals surface area contributed by atoms with Crippen molar-refractivity contribution in [3.63, 3.8) is 0 Å². The summed E-state index contributed by atoms with van der Waals surface area (Å²) in [6.45, 7) is 14.0. The topological polar surface area (TPSA) is 51.7 Å². The monoisotopic (exact) mass is 381 g/mol. The maximum absolute atomic E-state index is 12.1. The van der Waals surface area contributed by atoms with Crippen molar-refractivity contribution in [1.82, 2.24) is 19.7 Å². The smallest absolute Gasteiger partial charge is 0.225 e. The van der Waals surface area contributed by atoms with Crippen LogP contribution < -0.4 is 5.32 Å². The Balaban J connectivity index is 0.00000261. The van der Waals surface area contributed by atoms with Crippen LogP contribution >= 0.6 is 11.3 Å². The molecular weight excluding hydrogens is 346 g/mol. The number of piperazine rings is 1. The summed E-state index contributed by atoms with van der Waals surface area (Å²) in [6.07, 6.45) is 2.60. The zero-order valence-corrected chi connectivity index (χ0v) is 17.2. The molecule has 0 spiro atoms. The van der Waals surface area contributed by atoms with Crippen LogP contribution in [0.3, 0.4) is 0 Å². The number of aromatic nitrogens is 1. The van der Waals surface area contributed by atoms with Gasteiger partial charge in [0.1, 0.15) is 0 Å². The summed E-state index contributed by atoms with van der Waals surface area (Å²) >= 11 is 1.71. The molecule has 1 amide bonds. The average Bonchev–Trinajstić information content (AvgIpc) is 3.28. The van der Waals surface area contributed by atoms with E-state index in [9.17, 15) is 4.79 Å². The third-order valence-corrected chi connectivity index (χ3v) is 6.36. The van der Waals surface area contributed by atoms with E-state index < -0.39 is 0 Å². The molecule has 148 valence electrons. The standard InChI is InChI=1S/C19H33N5OS.H2/c1-4-23-7-5-6-17(23)12-20-19-21-16(14-26-19)13-22-8-10-24(11-9-22)18(25)15(2)3;/h14-15,17H,4-13H2,1-3H3,(H,20,21);1H/t17-;/m0./s1. The lowest BCUT2D eigenvalue weighted by atomic mass is 10.1. The minimum Gasteiger partial charge on any atom is -0.360 e. The SMILES string of the molecule is CCN1CCC[C@H]1CNc1nc(CN2CCN(C(=O)C(C)C)CC2)cs1.[HH]. The molecule has 1 aromatic rings. The van der Waals surface area contributed by atoms with Crippen molar-refractivity contribution in [1.29, 1.82) is 0 Å². The number of anilines is 1. The van der Waals surface area contributed by atoms with E-state index >= 15 is 0 Å². The van der Waals surface area contributed by atoms with E-state index in [1.807, 2.05) is 18.7 Å². The largest absolute Gasteiger partial charge is 0.360 e. The number of hydrogen-bond acceptors (Lipinski definition) is 6. The molecule has 0 aromatic carbocycles. The molecule has 0 radical (unpaired) electrons. The highest BCUT2D eigenvalue weighted by molar-refractivity contribution is 7.13. The first kappa shape index (κ1) is 19.6. The normalized spacial score (nSPS) is 22.3. The highest BCUT2D eigenvalue weighted by Crippen LogP contribution is 2.21. The molecule has 1 aromatic heterocycles. The van der Waals surface area contributed by atoms with Gasteiger partial charge in [0.25, 0.3) is 0 Å². The number of likely N-dealkylation sites (tertiary alicyclic amines) is 1. The van der Waals surface area contributed by atoms with Gasteiger partial charge in [-0.3, -0.25) is 14.6 Å². The van der Waals surface area contributed by atoms with E-state index in [0.29, 0.717) is 6.04 Å². The lowest BCUT2D eigenvalue weighted by molar-refractivity contribution is -0.136. The fourth-order valence-electron chi connectivity index (χ4n) is 3.93. The molecule has 26 heavy (non-hydrogen) atoms. The summed E-state index contributed by atoms with van der Waals surface area (Å²) in [7, 11) is 0. The van der Waals surface area contributed by atoms with E-state index in [0.717, 1.165) is 56.6 Å². The highest BCUT2D eigenvalue weighted by atomic mass is 32.1. The molecule has 1 N–H and O–H groups in total. The molecule has 0 bridgehead atoms. The number of nitrogens with one attached hydrogen (secondary N) is 1. The first-order chi connectivity index (χ1) is 12.6. The molecule has 0 aliphatic carbocycles. The van der Waals surface area contributed by atoms with Crippen LogP contribution in [0.2, 0.25) is 0 Å². The second-order valence-electron chi connectivity index (χ2n) is 7.71. The second kappa shape index (κ2) is 9.15. The minimum atomic E-state index is 0. The van der Waals surface area contributed by atoms with Gasteiger partial charge in [-0.15, -0.1) is 11.3 Å². The van der Waals surface area contributed by atoms with Gasteiger partial charge >= 0.3 is 0 Å². The van der Waals surface area contributed by atoms with Gasteiger partial charge in [-0.05, 0) is 25.9 Å². The number of carbonyl (C=O) groups excluding carboxylic acids is 1. The molecular formula is C19H35N5OS. The zero-order valence-electron chi connectivity index (χ0n) is 16.4. The first-order valence-corrected chi connectivity index (χ1v) is 10.9. The highest BCUT2D eigenvalue weighted by Gasteiger charge is 2.24. The predicted molar refractivity (Wildman–Crippen MR) is 110 cm³/mol. The number of nitrogens with zero attached hydrogens (tertiary/aromatic N) is 4. The molecule has 3 heterocycles. The summed E-state index contributed by atoms with van der Waals surface area (Å²) in [5, 5.41) is 6.74. The second-order valence-corrected chi connectivity index (χ2v) is 8.56. The number of hydrogen-bond donors (Lipinski definition) is 1. The Labute approximate surface area is 163 Å². The van der Waals surface area contributed by atoms with E-state index in [2.05, 4.69) is 27.4 Å². The molecule has 3 rings (SSSR count). The minimum absolute atomic E-state index is 0. The summed E-state index contributed by atoms with van der Waals surface area (Å²) < 4.78 is 0. The van der Waals surface area contributed by atoms with Crippen LogP contribution in [0.15, 0.2) is 5.38 Å². The number of thiazole rings is 1. The van der Waals surface area contributed by atoms with Crippen molar-refractivity contribution in [2.45, 2.75) is 46.2 Å². The van der Waals surface area contributed by atoms with Crippen LogP contribution in [-0.2, 0) is 11.3 Å². The van der Waals surface area contributed by atoms with Crippen LogP contribution in [0.4, 0.5) is 5.13 Å². The maximum Gasteiger partial charge on any atom is 0.225 e. The summed E-state index contributed by atoms with van der Waals surface area (Å²) in [4.78, 5) is 23.8. The summed E-state index contributed by atoms with van der Waals surface area (Å²) in [5.41, 5.74) is 1.14. The van der Waals surface area contributed by atoms with Gasteiger partial charge in [-0.1, -0.05) is 20.8 Å². The predicted octanol–water partition coefficient (Wildman–Crippen LogP) is 2.59. The van der Waals surface area contributed by atoms with Gasteiger partial charge in [-0.25, -0.2) is 4.98 Å². The van der Waals surface area contributed by atoms with Crippen molar-refractivity contribution in [3.05, 3.63) is 11.1 Å². The Kier molecular flexibility index (Phi) is 6.89. The fourth-order valence-corrected chi connectivity index (χ4v) is 4.64. The molecule has 2 fully saturated rings. The van der Waals surface area contributed by atoms with E-state index in [1.54, 1.807) is 11.3 Å². The average molecular weight is 382 g/mol. The Hall–Kier alpha value is -1.18. The molecule has 2 aliphatic heterocycles. The zero-order chi connectivity index (χ0) is 18.5. The number of amides is 1. The molecule has 7 heteroatoms. The quantitative estimate of drug-likeness (QED) is 0.787. The number of likely N-dealkylation sites (N-methyl/N-ethyl adjacent to an activating group) is 1. The van der Waals surface area contributed by atoms with Crippen LogP contribution in [0.25, 0.3) is 0 Å². The van der Waals surface area contributed by atoms with E-state index in [-0.39, 0.29) is 13.3 Å². The maximum atomic E-state index is 12.1. The Morgan fingerprint density at radius 1 is 1.35 bits per heavy atom. The van der Waals surface area contributed by atoms with Crippen LogP contribution in [0.1, 0.15) is 40.7 Å². The lowest BCUT2D eigenvalue weighted by Crippen LogP contribution is -2.49. The van der Waals surface area contributed by atoms with Crippen molar-refractivity contribution < 1.29 is 6.22 Å². The van der Waals surface area contributed by atoms with E-state index in [4.69, 9.17) is 4.98 Å². The van der Waals surface area contributed by atoms with Gasteiger partial charge in [0.2, 0.25) is 5.91 Å². The van der Waals surface area contributed by atoms with E-state index in [1.165, 1.54) is 19.4 Å². The van der Waals surface area contributed by atoms with Crippen molar-refractivity contribution in [2.24, 2.45) is 5.92 Å². The number of rotatable bonds is 7. The first-order valence-electron chi connectivity index (χ1n) is 10.00. The molecule has 1 atom stereocenters. The Bertz CT molecular complexity index is 588. The third-order valence-electron chi connectivity index (χ3n) is 5.51. The van der Waals surface area contributed by atoms with Gasteiger partial charge in [0.15, 0.2) is 5.13 Å². The lowest BCUT2D eigenvalue weighted by Gasteiger charge is -2.35. The third kappa shape index (κ3) is 4.96. The van der Waals surface area contributed by atoms with Crippen LogP contribution in [0.5, 0.6) is 0 Å². The van der Waals surface area contributed by atoms with Gasteiger partial charge < -0.3 is 10.2 Å².